The number of carboxylic acids is 1. The maximum absolute atomic E-state index is 11.5. The van der Waals surface area contributed by atoms with Crippen LogP contribution in [-0.2, 0) is 6.42 Å². The third-order valence-electron chi connectivity index (χ3n) is 3.18. The van der Waals surface area contributed by atoms with E-state index >= 15 is 0 Å². The molecule has 20 heavy (non-hydrogen) atoms. The van der Waals surface area contributed by atoms with Crippen LogP contribution in [0.2, 0.25) is 0 Å². The Morgan fingerprint density at radius 3 is 2.50 bits per heavy atom. The Morgan fingerprint density at radius 1 is 1.20 bits per heavy atom. The number of aromatic nitrogens is 1. The lowest BCUT2D eigenvalue weighted by atomic mass is 10.0. The van der Waals surface area contributed by atoms with Crippen LogP contribution in [0.3, 0.4) is 0 Å². The summed E-state index contributed by atoms with van der Waals surface area (Å²) < 4.78 is 0. The first-order valence-corrected chi connectivity index (χ1v) is 6.67. The molecule has 0 saturated heterocycles. The fourth-order valence-corrected chi connectivity index (χ4v) is 2.05. The van der Waals surface area contributed by atoms with E-state index in [2.05, 4.69) is 11.9 Å². The average molecular weight is 271 g/mol. The second kappa shape index (κ2) is 6.19. The Morgan fingerprint density at radius 2 is 1.90 bits per heavy atom. The fourth-order valence-electron chi connectivity index (χ4n) is 2.05. The summed E-state index contributed by atoms with van der Waals surface area (Å²) in [4.78, 5) is 25.1. The number of hydrogen-bond acceptors (Lipinski definition) is 2. The Labute approximate surface area is 117 Å². The van der Waals surface area contributed by atoms with Gasteiger partial charge >= 0.3 is 5.97 Å². The highest BCUT2D eigenvalue weighted by atomic mass is 16.4. The summed E-state index contributed by atoms with van der Waals surface area (Å²) in [5.41, 5.74) is 2.17. The van der Waals surface area contributed by atoms with Gasteiger partial charge < -0.3 is 10.1 Å². The van der Waals surface area contributed by atoms with E-state index in [1.54, 1.807) is 0 Å². The number of pyridine rings is 1. The molecule has 0 spiro atoms. The molecule has 0 atom stereocenters. The first-order chi connectivity index (χ1) is 9.60. The molecule has 0 aliphatic rings. The van der Waals surface area contributed by atoms with Crippen LogP contribution < -0.4 is 5.56 Å². The predicted molar refractivity (Wildman–Crippen MR) is 78.1 cm³/mol. The third kappa shape index (κ3) is 3.35. The molecule has 0 fully saturated rings. The van der Waals surface area contributed by atoms with Crippen molar-refractivity contribution in [3.05, 3.63) is 57.9 Å². The lowest BCUT2D eigenvalue weighted by Crippen LogP contribution is -2.10. The predicted octanol–water partition coefficient (Wildman–Crippen LogP) is 3.08. The van der Waals surface area contributed by atoms with Gasteiger partial charge in [-0.05, 0) is 30.0 Å². The molecule has 2 aromatic rings. The Kier molecular flexibility index (Phi) is 4.35. The van der Waals surface area contributed by atoms with E-state index in [1.165, 1.54) is 11.6 Å². The van der Waals surface area contributed by atoms with Gasteiger partial charge in [0.1, 0.15) is 0 Å². The van der Waals surface area contributed by atoms with E-state index in [9.17, 15) is 9.59 Å². The first-order valence-electron chi connectivity index (χ1n) is 6.67. The molecule has 2 rings (SSSR count). The zero-order valence-corrected chi connectivity index (χ0v) is 11.3. The zero-order chi connectivity index (χ0) is 14.5. The van der Waals surface area contributed by atoms with Crippen LogP contribution in [-0.4, -0.2) is 16.1 Å². The van der Waals surface area contributed by atoms with Crippen molar-refractivity contribution in [2.45, 2.75) is 26.2 Å². The number of benzene rings is 1. The number of H-pyrrole nitrogens is 1. The summed E-state index contributed by atoms with van der Waals surface area (Å²) in [5.74, 6) is -1.10. The van der Waals surface area contributed by atoms with Crippen LogP contribution >= 0.6 is 0 Å². The minimum atomic E-state index is -1.10. The van der Waals surface area contributed by atoms with Gasteiger partial charge in [-0.3, -0.25) is 4.79 Å². The Balaban J connectivity index is 2.31. The molecule has 4 nitrogen and oxygen atoms in total. The molecular formula is C16H17NO3. The molecule has 0 radical (unpaired) electrons. The van der Waals surface area contributed by atoms with Crippen LogP contribution in [0.25, 0.3) is 11.3 Å². The topological polar surface area (TPSA) is 70.2 Å². The van der Waals surface area contributed by atoms with Gasteiger partial charge in [0.15, 0.2) is 0 Å². The standard InChI is InChI=1S/C16H17NO3/c1-2-3-4-11-5-7-12(8-6-11)14-9-13(16(19)20)10-15(18)17-14/h5-10H,2-4H2,1H3,(H,17,18)(H,19,20). The number of aromatic amines is 1. The lowest BCUT2D eigenvalue weighted by Gasteiger charge is -2.05. The van der Waals surface area contributed by atoms with Gasteiger partial charge in [0, 0.05) is 11.8 Å². The normalized spacial score (nSPS) is 10.4. The van der Waals surface area contributed by atoms with E-state index in [0.29, 0.717) is 5.69 Å². The summed E-state index contributed by atoms with van der Waals surface area (Å²) >= 11 is 0. The summed E-state index contributed by atoms with van der Waals surface area (Å²) in [7, 11) is 0. The number of aromatic carboxylic acids is 1. The number of rotatable bonds is 5. The van der Waals surface area contributed by atoms with Crippen LogP contribution in [0.15, 0.2) is 41.2 Å². The van der Waals surface area contributed by atoms with Crippen molar-refractivity contribution in [1.82, 2.24) is 4.98 Å². The zero-order valence-electron chi connectivity index (χ0n) is 11.3. The van der Waals surface area contributed by atoms with Gasteiger partial charge in [0.2, 0.25) is 5.56 Å². The number of unbranched alkanes of at least 4 members (excludes halogenated alkanes) is 1. The summed E-state index contributed by atoms with van der Waals surface area (Å²) in [6, 6.07) is 10.4. The van der Waals surface area contributed by atoms with Gasteiger partial charge in [-0.15, -0.1) is 0 Å². The van der Waals surface area contributed by atoms with Crippen LogP contribution in [0, 0.1) is 0 Å². The molecule has 0 saturated carbocycles. The van der Waals surface area contributed by atoms with Gasteiger partial charge in [-0.25, -0.2) is 4.79 Å². The van der Waals surface area contributed by atoms with Gasteiger partial charge in [0.25, 0.3) is 0 Å². The van der Waals surface area contributed by atoms with Crippen LogP contribution in [0.5, 0.6) is 0 Å². The van der Waals surface area contributed by atoms with Crippen LogP contribution in [0.1, 0.15) is 35.7 Å². The quantitative estimate of drug-likeness (QED) is 0.878. The van der Waals surface area contributed by atoms with Gasteiger partial charge in [0.05, 0.1) is 5.56 Å². The highest BCUT2D eigenvalue weighted by Crippen LogP contribution is 2.18. The molecule has 0 bridgehead atoms. The fraction of sp³-hybridized carbons (Fsp3) is 0.250. The SMILES string of the molecule is CCCCc1ccc(-c2cc(C(=O)O)cc(=O)[nH]2)cc1. The minimum absolute atomic E-state index is 0.00110. The van der Waals surface area contributed by atoms with Crippen molar-refractivity contribution in [3.8, 4) is 11.3 Å². The summed E-state index contributed by atoms with van der Waals surface area (Å²) in [5, 5.41) is 8.97. The molecule has 1 heterocycles. The number of carboxylic acid groups (broad SMARTS) is 1. The molecule has 4 heteroatoms. The van der Waals surface area contributed by atoms with Crippen molar-refractivity contribution in [1.29, 1.82) is 0 Å². The molecular weight excluding hydrogens is 254 g/mol. The molecule has 1 aromatic heterocycles. The van der Waals surface area contributed by atoms with Crippen molar-refractivity contribution in [2.75, 3.05) is 0 Å². The third-order valence-corrected chi connectivity index (χ3v) is 3.18. The maximum atomic E-state index is 11.5. The highest BCUT2D eigenvalue weighted by molar-refractivity contribution is 5.88. The number of aryl methyl sites for hydroxylation is 1. The molecule has 0 aliphatic heterocycles. The number of carbonyl (C=O) groups is 1. The second-order valence-electron chi connectivity index (χ2n) is 4.75. The smallest absolute Gasteiger partial charge is 0.335 e. The van der Waals surface area contributed by atoms with Crippen molar-refractivity contribution in [3.63, 3.8) is 0 Å². The largest absolute Gasteiger partial charge is 0.478 e. The van der Waals surface area contributed by atoms with Gasteiger partial charge in [-0.1, -0.05) is 37.6 Å². The van der Waals surface area contributed by atoms with E-state index in [0.717, 1.165) is 30.9 Å². The Bertz CT molecular complexity index is 656. The maximum Gasteiger partial charge on any atom is 0.335 e. The molecule has 0 amide bonds. The molecule has 2 N–H and O–H groups in total. The van der Waals surface area contributed by atoms with Crippen molar-refractivity contribution in [2.24, 2.45) is 0 Å². The number of nitrogens with one attached hydrogen (secondary N) is 1. The average Bonchev–Trinajstić information content (AvgIpc) is 2.45. The monoisotopic (exact) mass is 271 g/mol. The van der Waals surface area contributed by atoms with Crippen molar-refractivity contribution >= 4 is 5.97 Å². The summed E-state index contributed by atoms with van der Waals surface area (Å²) in [6.45, 7) is 2.15. The number of hydrogen-bond donors (Lipinski definition) is 2. The van der Waals surface area contributed by atoms with E-state index < -0.39 is 11.5 Å². The van der Waals surface area contributed by atoms with E-state index in [4.69, 9.17) is 5.11 Å². The Hall–Kier alpha value is -2.36. The van der Waals surface area contributed by atoms with E-state index in [1.807, 2.05) is 24.3 Å². The lowest BCUT2D eigenvalue weighted by molar-refractivity contribution is 0.0696. The molecule has 0 unspecified atom stereocenters. The molecule has 104 valence electrons. The highest BCUT2D eigenvalue weighted by Gasteiger charge is 2.07. The van der Waals surface area contributed by atoms with Crippen LogP contribution in [0.4, 0.5) is 0 Å². The second-order valence-corrected chi connectivity index (χ2v) is 4.75. The summed E-state index contributed by atoms with van der Waals surface area (Å²) in [6.07, 6.45) is 3.32. The van der Waals surface area contributed by atoms with Crippen molar-refractivity contribution < 1.29 is 9.90 Å². The first kappa shape index (κ1) is 14.1. The van der Waals surface area contributed by atoms with Gasteiger partial charge in [-0.2, -0.15) is 0 Å². The minimum Gasteiger partial charge on any atom is -0.478 e. The molecule has 1 aromatic carbocycles. The van der Waals surface area contributed by atoms with E-state index in [-0.39, 0.29) is 5.56 Å². The molecule has 0 aliphatic carbocycles.